The summed E-state index contributed by atoms with van der Waals surface area (Å²) in [5.41, 5.74) is 1.25. The number of carbonyl (C=O) groups excluding carboxylic acids is 1. The minimum Gasteiger partial charge on any atom is -0.267 e. The van der Waals surface area contributed by atoms with Crippen molar-refractivity contribution in [2.45, 2.75) is 6.42 Å². The number of nitrogens with zero attached hydrogens (tertiary/aromatic N) is 2. The lowest BCUT2D eigenvalue weighted by molar-refractivity contribution is 0.0778. The van der Waals surface area contributed by atoms with Crippen LogP contribution in [0.4, 0.5) is 4.39 Å². The number of hydrogen-bond donors (Lipinski definition) is 0. The van der Waals surface area contributed by atoms with Crippen molar-refractivity contribution in [1.29, 1.82) is 0 Å². The molecule has 0 unspecified atom stereocenters. The first-order valence-electron chi connectivity index (χ1n) is 5.93. The van der Waals surface area contributed by atoms with Gasteiger partial charge in [-0.15, -0.1) is 11.3 Å². The molecule has 96 valence electrons. The summed E-state index contributed by atoms with van der Waals surface area (Å²) in [6.07, 6.45) is 0.738. The Morgan fingerprint density at radius 2 is 2.21 bits per heavy atom. The second kappa shape index (κ2) is 4.93. The van der Waals surface area contributed by atoms with Crippen molar-refractivity contribution in [2.24, 2.45) is 5.10 Å². The normalized spacial score (nSPS) is 14.6. The fourth-order valence-electron chi connectivity index (χ4n) is 1.99. The van der Waals surface area contributed by atoms with Crippen LogP contribution in [0.5, 0.6) is 0 Å². The van der Waals surface area contributed by atoms with E-state index in [0.29, 0.717) is 12.1 Å². The third kappa shape index (κ3) is 2.42. The highest BCUT2D eigenvalue weighted by Crippen LogP contribution is 2.19. The van der Waals surface area contributed by atoms with Gasteiger partial charge in [-0.05, 0) is 29.6 Å². The van der Waals surface area contributed by atoms with Gasteiger partial charge in [0.2, 0.25) is 0 Å². The highest BCUT2D eigenvalue weighted by molar-refractivity contribution is 7.12. The third-order valence-corrected chi connectivity index (χ3v) is 3.83. The molecule has 5 heteroatoms. The smallest absolute Gasteiger partial charge is 0.267 e. The maximum absolute atomic E-state index is 13.1. The maximum Gasteiger partial charge on any atom is 0.274 e. The number of thiophene rings is 1. The molecular weight excluding hydrogens is 263 g/mol. The average Bonchev–Trinajstić information content (AvgIpc) is 3.08. The van der Waals surface area contributed by atoms with E-state index in [9.17, 15) is 9.18 Å². The van der Waals surface area contributed by atoms with Gasteiger partial charge in [0.05, 0.1) is 17.1 Å². The molecule has 0 spiro atoms. The van der Waals surface area contributed by atoms with Crippen molar-refractivity contribution in [1.82, 2.24) is 5.01 Å². The Morgan fingerprint density at radius 1 is 1.32 bits per heavy atom. The lowest BCUT2D eigenvalue weighted by atomic mass is 10.2. The molecule has 3 nitrogen and oxygen atoms in total. The van der Waals surface area contributed by atoms with Gasteiger partial charge in [-0.2, -0.15) is 5.10 Å². The minimum atomic E-state index is -0.410. The molecule has 0 radical (unpaired) electrons. The SMILES string of the molecule is O=C(c1cccc(F)c1)N1CCC(c2cccs2)=N1. The molecule has 1 aromatic carbocycles. The number of carbonyl (C=O) groups is 1. The standard InChI is InChI=1S/C14H11FN2OS/c15-11-4-1-3-10(9-11)14(18)17-7-6-12(16-17)13-5-2-8-19-13/h1-5,8-9H,6-7H2. The maximum atomic E-state index is 13.1. The van der Waals surface area contributed by atoms with Crippen LogP contribution in [0.3, 0.4) is 0 Å². The van der Waals surface area contributed by atoms with E-state index < -0.39 is 5.82 Å². The largest absolute Gasteiger partial charge is 0.274 e. The van der Waals surface area contributed by atoms with Crippen LogP contribution in [0.1, 0.15) is 21.7 Å². The fraction of sp³-hybridized carbons (Fsp3) is 0.143. The molecule has 0 bridgehead atoms. The van der Waals surface area contributed by atoms with E-state index in [0.717, 1.165) is 17.0 Å². The van der Waals surface area contributed by atoms with Crippen LogP contribution in [-0.2, 0) is 0 Å². The number of amides is 1. The summed E-state index contributed by atoms with van der Waals surface area (Å²) in [4.78, 5) is 13.2. The molecule has 1 amide bonds. The lowest BCUT2D eigenvalue weighted by Crippen LogP contribution is -2.23. The molecule has 0 atom stereocenters. The van der Waals surface area contributed by atoms with Crippen LogP contribution in [-0.4, -0.2) is 23.2 Å². The van der Waals surface area contributed by atoms with Gasteiger partial charge in [-0.1, -0.05) is 12.1 Å². The summed E-state index contributed by atoms with van der Waals surface area (Å²) in [7, 11) is 0. The van der Waals surface area contributed by atoms with Crippen molar-refractivity contribution in [3.05, 3.63) is 58.0 Å². The van der Waals surface area contributed by atoms with Crippen LogP contribution in [0.2, 0.25) is 0 Å². The van der Waals surface area contributed by atoms with E-state index in [4.69, 9.17) is 0 Å². The van der Waals surface area contributed by atoms with Gasteiger partial charge in [0.15, 0.2) is 0 Å². The van der Waals surface area contributed by atoms with E-state index >= 15 is 0 Å². The topological polar surface area (TPSA) is 32.7 Å². The summed E-state index contributed by atoms with van der Waals surface area (Å²) in [6.45, 7) is 0.544. The number of halogens is 1. The van der Waals surface area contributed by atoms with Crippen LogP contribution >= 0.6 is 11.3 Å². The first-order chi connectivity index (χ1) is 9.24. The van der Waals surface area contributed by atoms with Crippen LogP contribution < -0.4 is 0 Å². The Hall–Kier alpha value is -2.01. The lowest BCUT2D eigenvalue weighted by Gasteiger charge is -2.11. The van der Waals surface area contributed by atoms with Crippen molar-refractivity contribution in [3.8, 4) is 0 Å². The summed E-state index contributed by atoms with van der Waals surface area (Å²) in [5, 5.41) is 7.71. The molecule has 0 fully saturated rings. The first kappa shape index (κ1) is 12.0. The fourth-order valence-corrected chi connectivity index (χ4v) is 2.73. The van der Waals surface area contributed by atoms with Crippen molar-refractivity contribution in [2.75, 3.05) is 6.54 Å². The number of rotatable bonds is 2. The van der Waals surface area contributed by atoms with Crippen molar-refractivity contribution < 1.29 is 9.18 Å². The average molecular weight is 274 g/mol. The molecular formula is C14H11FN2OS. The Labute approximate surface area is 114 Å². The van der Waals surface area contributed by atoms with Crippen molar-refractivity contribution >= 4 is 23.0 Å². The highest BCUT2D eigenvalue weighted by atomic mass is 32.1. The second-order valence-electron chi connectivity index (χ2n) is 4.21. The van der Waals surface area contributed by atoms with E-state index in [1.54, 1.807) is 17.4 Å². The van der Waals surface area contributed by atoms with Gasteiger partial charge in [0.25, 0.3) is 5.91 Å². The van der Waals surface area contributed by atoms with E-state index in [-0.39, 0.29) is 5.91 Å². The Morgan fingerprint density at radius 3 is 2.95 bits per heavy atom. The molecule has 1 aliphatic heterocycles. The van der Waals surface area contributed by atoms with E-state index in [1.165, 1.54) is 23.2 Å². The zero-order valence-electron chi connectivity index (χ0n) is 10.0. The predicted octanol–water partition coefficient (Wildman–Crippen LogP) is 3.14. The summed E-state index contributed by atoms with van der Waals surface area (Å²) < 4.78 is 13.1. The monoisotopic (exact) mass is 274 g/mol. The molecule has 1 aliphatic rings. The first-order valence-corrected chi connectivity index (χ1v) is 6.81. The zero-order chi connectivity index (χ0) is 13.2. The molecule has 2 heterocycles. The molecule has 0 saturated carbocycles. The van der Waals surface area contributed by atoms with Gasteiger partial charge in [-0.25, -0.2) is 9.40 Å². The van der Waals surface area contributed by atoms with Crippen molar-refractivity contribution in [3.63, 3.8) is 0 Å². The molecule has 0 saturated heterocycles. The highest BCUT2D eigenvalue weighted by Gasteiger charge is 2.23. The van der Waals surface area contributed by atoms with Crippen LogP contribution in [0.25, 0.3) is 0 Å². The summed E-state index contributed by atoms with van der Waals surface area (Å²) >= 11 is 1.60. The van der Waals surface area contributed by atoms with E-state index in [1.807, 2.05) is 17.5 Å². The third-order valence-electron chi connectivity index (χ3n) is 2.91. The molecule has 2 aromatic rings. The molecule has 0 N–H and O–H groups in total. The van der Waals surface area contributed by atoms with Gasteiger partial charge < -0.3 is 0 Å². The zero-order valence-corrected chi connectivity index (χ0v) is 10.9. The summed E-state index contributed by atoms with van der Waals surface area (Å²) in [5.74, 6) is -0.668. The number of hydrogen-bond acceptors (Lipinski definition) is 3. The summed E-state index contributed by atoms with van der Waals surface area (Å²) in [6, 6.07) is 9.63. The number of benzene rings is 1. The second-order valence-corrected chi connectivity index (χ2v) is 5.16. The predicted molar refractivity (Wildman–Crippen MR) is 72.9 cm³/mol. The van der Waals surface area contributed by atoms with Gasteiger partial charge in [0.1, 0.15) is 5.82 Å². The molecule has 3 rings (SSSR count). The molecule has 19 heavy (non-hydrogen) atoms. The Bertz CT molecular complexity index is 637. The van der Waals surface area contributed by atoms with Crippen LogP contribution in [0, 0.1) is 5.82 Å². The number of hydrazone groups is 1. The quantitative estimate of drug-likeness (QED) is 0.828. The van der Waals surface area contributed by atoms with Gasteiger partial charge >= 0.3 is 0 Å². The molecule has 1 aromatic heterocycles. The van der Waals surface area contributed by atoms with Gasteiger partial charge in [0, 0.05) is 12.0 Å². The Kier molecular flexibility index (Phi) is 3.13. The minimum absolute atomic E-state index is 0.258. The van der Waals surface area contributed by atoms with Gasteiger partial charge in [-0.3, -0.25) is 4.79 Å². The van der Waals surface area contributed by atoms with Crippen LogP contribution in [0.15, 0.2) is 46.9 Å². The Balaban J connectivity index is 1.83. The molecule has 0 aliphatic carbocycles. The van der Waals surface area contributed by atoms with E-state index in [2.05, 4.69) is 5.10 Å².